The number of carbonyl (C=O) groups excluding carboxylic acids is 1. The molecule has 0 aliphatic carbocycles. The molecule has 4 rings (SSSR count). The van der Waals surface area contributed by atoms with Crippen LogP contribution >= 0.6 is 0 Å². The number of hydrogen-bond donors (Lipinski definition) is 2. The Morgan fingerprint density at radius 3 is 2.72 bits per heavy atom. The van der Waals surface area contributed by atoms with Crippen molar-refractivity contribution in [3.63, 3.8) is 0 Å². The van der Waals surface area contributed by atoms with Crippen molar-refractivity contribution in [1.29, 1.82) is 0 Å². The minimum Gasteiger partial charge on any atom is -0.494 e. The molecule has 2 amide bonds. The van der Waals surface area contributed by atoms with Crippen molar-refractivity contribution < 1.29 is 9.53 Å². The zero-order chi connectivity index (χ0) is 20.2. The maximum atomic E-state index is 12.3. The average Bonchev–Trinajstić information content (AvgIpc) is 3.10. The van der Waals surface area contributed by atoms with Crippen molar-refractivity contribution in [3.8, 4) is 16.9 Å². The quantitative estimate of drug-likeness (QED) is 0.537. The summed E-state index contributed by atoms with van der Waals surface area (Å²) >= 11 is 0. The van der Waals surface area contributed by atoms with Crippen molar-refractivity contribution in [2.24, 2.45) is 7.05 Å². The van der Waals surface area contributed by atoms with Gasteiger partial charge in [0.05, 0.1) is 24.5 Å². The van der Waals surface area contributed by atoms with Crippen LogP contribution in [0.15, 0.2) is 61.2 Å². The molecule has 0 saturated heterocycles. The smallest absolute Gasteiger partial charge is 0.324 e. The lowest BCUT2D eigenvalue weighted by Crippen LogP contribution is -2.20. The van der Waals surface area contributed by atoms with Crippen LogP contribution in [0.4, 0.5) is 16.3 Å². The van der Waals surface area contributed by atoms with Gasteiger partial charge in [-0.05, 0) is 30.7 Å². The van der Waals surface area contributed by atoms with Crippen LogP contribution in [0.2, 0.25) is 0 Å². The number of ether oxygens (including phenoxy) is 1. The molecule has 3 heterocycles. The summed E-state index contributed by atoms with van der Waals surface area (Å²) in [6, 6.07) is 10.6. The number of fused-ring (bicyclic) bond motifs is 1. The molecular weight excluding hydrogens is 368 g/mol. The van der Waals surface area contributed by atoms with Gasteiger partial charge in [-0.3, -0.25) is 15.0 Å². The van der Waals surface area contributed by atoms with Gasteiger partial charge in [-0.1, -0.05) is 12.1 Å². The maximum absolute atomic E-state index is 12.3. The largest absolute Gasteiger partial charge is 0.494 e. The zero-order valence-corrected chi connectivity index (χ0v) is 16.1. The summed E-state index contributed by atoms with van der Waals surface area (Å²) in [5.74, 6) is 1.07. The lowest BCUT2D eigenvalue weighted by Gasteiger charge is -2.09. The molecule has 0 saturated carbocycles. The Balaban J connectivity index is 1.47. The van der Waals surface area contributed by atoms with Crippen LogP contribution in [0.1, 0.15) is 6.92 Å². The lowest BCUT2D eigenvalue weighted by atomic mass is 10.0. The molecule has 0 atom stereocenters. The average molecular weight is 388 g/mol. The van der Waals surface area contributed by atoms with Gasteiger partial charge in [-0.25, -0.2) is 9.78 Å². The summed E-state index contributed by atoms with van der Waals surface area (Å²) in [4.78, 5) is 20.7. The number of amides is 2. The van der Waals surface area contributed by atoms with Crippen molar-refractivity contribution in [1.82, 2.24) is 19.7 Å². The van der Waals surface area contributed by atoms with Crippen LogP contribution in [0.25, 0.3) is 22.0 Å². The number of benzene rings is 1. The van der Waals surface area contributed by atoms with E-state index in [1.165, 1.54) is 0 Å². The highest BCUT2D eigenvalue weighted by Crippen LogP contribution is 2.28. The number of aryl methyl sites for hydroxylation is 1. The summed E-state index contributed by atoms with van der Waals surface area (Å²) in [5, 5.41) is 10.8. The third-order valence-electron chi connectivity index (χ3n) is 4.41. The summed E-state index contributed by atoms with van der Waals surface area (Å²) < 4.78 is 7.20. The topological polar surface area (TPSA) is 94.0 Å². The molecule has 4 aromatic rings. The van der Waals surface area contributed by atoms with E-state index < -0.39 is 0 Å². The van der Waals surface area contributed by atoms with Gasteiger partial charge >= 0.3 is 6.03 Å². The van der Waals surface area contributed by atoms with E-state index in [0.717, 1.165) is 22.0 Å². The first-order valence-electron chi connectivity index (χ1n) is 9.17. The first kappa shape index (κ1) is 18.4. The van der Waals surface area contributed by atoms with E-state index >= 15 is 0 Å². The second-order valence-corrected chi connectivity index (χ2v) is 6.35. The predicted molar refractivity (Wildman–Crippen MR) is 112 cm³/mol. The molecule has 29 heavy (non-hydrogen) atoms. The summed E-state index contributed by atoms with van der Waals surface area (Å²) in [7, 11) is 1.89. The van der Waals surface area contributed by atoms with Gasteiger partial charge in [-0.2, -0.15) is 5.10 Å². The number of rotatable bonds is 5. The zero-order valence-electron chi connectivity index (χ0n) is 16.1. The molecule has 146 valence electrons. The van der Waals surface area contributed by atoms with Gasteiger partial charge in [0.1, 0.15) is 11.6 Å². The Bertz CT molecular complexity index is 1150. The number of nitrogens with zero attached hydrogens (tertiary/aromatic N) is 4. The molecule has 0 aliphatic heterocycles. The molecule has 8 heteroatoms. The monoisotopic (exact) mass is 388 g/mol. The minimum absolute atomic E-state index is 0.380. The third-order valence-corrected chi connectivity index (χ3v) is 4.41. The Morgan fingerprint density at radius 2 is 1.93 bits per heavy atom. The van der Waals surface area contributed by atoms with Crippen molar-refractivity contribution >= 4 is 28.4 Å². The Kier molecular flexibility index (Phi) is 5.07. The van der Waals surface area contributed by atoms with E-state index in [1.807, 2.05) is 50.6 Å². The fourth-order valence-electron chi connectivity index (χ4n) is 3.04. The fraction of sp³-hybridized carbons (Fsp3) is 0.143. The molecule has 8 nitrogen and oxygen atoms in total. The molecule has 0 bridgehead atoms. The molecule has 0 fully saturated rings. The van der Waals surface area contributed by atoms with E-state index in [9.17, 15) is 4.79 Å². The van der Waals surface area contributed by atoms with Crippen molar-refractivity contribution in [2.45, 2.75) is 6.92 Å². The standard InChI is InChI=1S/C21H20N6O2/c1-3-29-16-8-9-23-20(10-16)26-21(28)25-15-6-4-14(5-7-15)17-11-22-13-19-18(17)12-24-27(19)2/h4-13H,3H2,1-2H3,(H2,23,25,26,28). The second kappa shape index (κ2) is 7.97. The van der Waals surface area contributed by atoms with E-state index in [1.54, 1.807) is 29.2 Å². The summed E-state index contributed by atoms with van der Waals surface area (Å²) in [5.41, 5.74) is 3.61. The van der Waals surface area contributed by atoms with Gasteiger partial charge in [0, 0.05) is 42.1 Å². The van der Waals surface area contributed by atoms with Crippen LogP contribution in [-0.2, 0) is 7.05 Å². The van der Waals surface area contributed by atoms with Crippen LogP contribution in [0.3, 0.4) is 0 Å². The molecule has 0 spiro atoms. The highest BCUT2D eigenvalue weighted by atomic mass is 16.5. The van der Waals surface area contributed by atoms with Gasteiger partial charge in [0.2, 0.25) is 0 Å². The Labute approximate surface area is 167 Å². The van der Waals surface area contributed by atoms with Crippen LogP contribution in [0, 0.1) is 0 Å². The lowest BCUT2D eigenvalue weighted by molar-refractivity contribution is 0.262. The molecule has 0 aliphatic rings. The van der Waals surface area contributed by atoms with E-state index in [-0.39, 0.29) is 6.03 Å². The Morgan fingerprint density at radius 1 is 1.10 bits per heavy atom. The van der Waals surface area contributed by atoms with Crippen molar-refractivity contribution in [3.05, 3.63) is 61.2 Å². The Hall–Kier alpha value is -3.94. The van der Waals surface area contributed by atoms with Crippen molar-refractivity contribution in [2.75, 3.05) is 17.2 Å². The summed E-state index contributed by atoms with van der Waals surface area (Å²) in [6.45, 7) is 2.44. The normalized spacial score (nSPS) is 10.7. The SMILES string of the molecule is CCOc1ccnc(NC(=O)Nc2ccc(-c3cncc4c3cnn4C)cc2)c1. The molecule has 0 radical (unpaired) electrons. The molecule has 1 aromatic carbocycles. The van der Waals surface area contributed by atoms with Gasteiger partial charge < -0.3 is 10.1 Å². The molecule has 3 aromatic heterocycles. The minimum atomic E-state index is -0.380. The van der Waals surface area contributed by atoms with Gasteiger partial charge in [0.25, 0.3) is 0 Å². The highest BCUT2D eigenvalue weighted by molar-refractivity contribution is 5.99. The van der Waals surface area contributed by atoms with E-state index in [2.05, 4.69) is 25.7 Å². The molecular formula is C21H20N6O2. The first-order chi connectivity index (χ1) is 14.1. The van der Waals surface area contributed by atoms with Crippen LogP contribution in [-0.4, -0.2) is 32.4 Å². The second-order valence-electron chi connectivity index (χ2n) is 6.35. The van der Waals surface area contributed by atoms with E-state index in [4.69, 9.17) is 4.74 Å². The maximum Gasteiger partial charge on any atom is 0.324 e. The number of anilines is 2. The summed E-state index contributed by atoms with van der Waals surface area (Å²) in [6.07, 6.45) is 7.02. The van der Waals surface area contributed by atoms with E-state index in [0.29, 0.717) is 23.9 Å². The van der Waals surface area contributed by atoms with Crippen LogP contribution in [0.5, 0.6) is 5.75 Å². The van der Waals surface area contributed by atoms with Gasteiger partial charge in [-0.15, -0.1) is 0 Å². The predicted octanol–water partition coefficient (Wildman–Crippen LogP) is 4.07. The number of carbonyl (C=O) groups is 1. The fourth-order valence-corrected chi connectivity index (χ4v) is 3.04. The molecule has 2 N–H and O–H groups in total. The number of urea groups is 1. The third kappa shape index (κ3) is 4.01. The molecule has 0 unspecified atom stereocenters. The number of aromatic nitrogens is 4. The highest BCUT2D eigenvalue weighted by Gasteiger charge is 2.09. The first-order valence-corrected chi connectivity index (χ1v) is 9.17. The van der Waals surface area contributed by atoms with Crippen LogP contribution < -0.4 is 15.4 Å². The number of nitrogens with one attached hydrogen (secondary N) is 2. The van der Waals surface area contributed by atoms with Gasteiger partial charge in [0.15, 0.2) is 0 Å². The number of pyridine rings is 2. The number of hydrogen-bond acceptors (Lipinski definition) is 5.